The van der Waals surface area contributed by atoms with Crippen molar-refractivity contribution in [2.45, 2.75) is 47.1 Å². The highest BCUT2D eigenvalue weighted by molar-refractivity contribution is 5.99. The summed E-state index contributed by atoms with van der Waals surface area (Å²) >= 11 is 0. The fraction of sp³-hybridized carbons (Fsp3) is 0.276. The maximum absolute atomic E-state index is 14.4. The summed E-state index contributed by atoms with van der Waals surface area (Å²) in [5, 5.41) is 1.13. The van der Waals surface area contributed by atoms with Gasteiger partial charge >= 0.3 is 0 Å². The van der Waals surface area contributed by atoms with Crippen molar-refractivity contribution in [2.24, 2.45) is 0 Å². The second-order valence-corrected chi connectivity index (χ2v) is 8.14. The molecule has 2 aromatic heterocycles. The Balaban J connectivity index is 0.000000588. The van der Waals surface area contributed by atoms with Crippen LogP contribution in [-0.2, 0) is 17.7 Å². The second-order valence-electron chi connectivity index (χ2n) is 8.14. The van der Waals surface area contributed by atoms with E-state index in [9.17, 15) is 8.78 Å². The van der Waals surface area contributed by atoms with Crippen LogP contribution in [0.3, 0.4) is 0 Å². The molecule has 4 aromatic rings. The summed E-state index contributed by atoms with van der Waals surface area (Å²) in [5.74, 6) is -0.821. The van der Waals surface area contributed by atoms with Gasteiger partial charge in [-0.15, -0.1) is 0 Å². The molecule has 0 saturated carbocycles. The van der Waals surface area contributed by atoms with Gasteiger partial charge in [0.05, 0.1) is 19.4 Å². The zero-order chi connectivity index (χ0) is 24.7. The van der Waals surface area contributed by atoms with Crippen molar-refractivity contribution in [1.82, 2.24) is 9.55 Å². The van der Waals surface area contributed by atoms with Crippen molar-refractivity contribution in [3.05, 3.63) is 102 Å². The third kappa shape index (κ3) is 5.53. The summed E-state index contributed by atoms with van der Waals surface area (Å²) in [6, 6.07) is 14.1. The first-order valence-corrected chi connectivity index (χ1v) is 11.6. The molecule has 2 heterocycles. The third-order valence-corrected chi connectivity index (χ3v) is 5.82. The molecule has 0 aliphatic heterocycles. The average molecular weight is 463 g/mol. The molecule has 0 atom stereocenters. The largest absolute Gasteiger partial charge is 0.502 e. The van der Waals surface area contributed by atoms with E-state index < -0.39 is 11.6 Å². The maximum atomic E-state index is 14.4. The molecule has 0 N–H and O–H groups in total. The average Bonchev–Trinajstić information content (AvgIpc) is 3.08. The minimum atomic E-state index is -0.427. The van der Waals surface area contributed by atoms with Gasteiger partial charge in [-0.3, -0.25) is 4.98 Å². The van der Waals surface area contributed by atoms with Crippen LogP contribution in [0.2, 0.25) is 0 Å². The van der Waals surface area contributed by atoms with Crippen molar-refractivity contribution in [2.75, 3.05) is 6.61 Å². The van der Waals surface area contributed by atoms with E-state index in [1.807, 2.05) is 26.8 Å². The molecule has 34 heavy (non-hydrogen) atoms. The lowest BCUT2D eigenvalue weighted by Gasteiger charge is -2.11. The Hall–Kier alpha value is -3.47. The van der Waals surface area contributed by atoms with E-state index in [2.05, 4.69) is 52.1 Å². The van der Waals surface area contributed by atoms with E-state index in [1.165, 1.54) is 24.0 Å². The van der Waals surface area contributed by atoms with Gasteiger partial charge in [0.1, 0.15) is 11.6 Å². The first-order valence-electron chi connectivity index (χ1n) is 11.6. The molecule has 5 heteroatoms. The first-order chi connectivity index (χ1) is 16.4. The number of hydrogen-bond donors (Lipinski definition) is 0. The molecule has 0 aliphatic carbocycles. The number of rotatable bonds is 7. The van der Waals surface area contributed by atoms with Crippen molar-refractivity contribution in [3.8, 4) is 11.1 Å². The summed E-state index contributed by atoms with van der Waals surface area (Å²) in [6.45, 7) is 12.5. The Morgan fingerprint density at radius 3 is 2.50 bits per heavy atom. The Labute approximate surface area is 200 Å². The van der Waals surface area contributed by atoms with E-state index in [0.717, 1.165) is 58.9 Å². The number of halogens is 2. The zero-order valence-corrected chi connectivity index (χ0v) is 20.4. The van der Waals surface area contributed by atoms with Crippen LogP contribution in [-0.4, -0.2) is 16.2 Å². The highest BCUT2D eigenvalue weighted by Crippen LogP contribution is 2.37. The summed E-state index contributed by atoms with van der Waals surface area (Å²) < 4.78 is 34.8. The van der Waals surface area contributed by atoms with Gasteiger partial charge in [0.15, 0.2) is 0 Å². The first kappa shape index (κ1) is 25.2. The topological polar surface area (TPSA) is 27.1 Å². The number of aryl methyl sites for hydroxylation is 2. The molecular weight excluding hydrogens is 430 g/mol. The van der Waals surface area contributed by atoms with Gasteiger partial charge in [-0.25, -0.2) is 8.78 Å². The van der Waals surface area contributed by atoms with Crippen LogP contribution in [0.25, 0.3) is 22.0 Å². The molecule has 0 saturated heterocycles. The molecule has 0 aliphatic rings. The van der Waals surface area contributed by atoms with E-state index >= 15 is 0 Å². The summed E-state index contributed by atoms with van der Waals surface area (Å²) in [5.41, 5.74) is 6.79. The number of hydrogen-bond acceptors (Lipinski definition) is 2. The van der Waals surface area contributed by atoms with Crippen LogP contribution in [0, 0.1) is 25.5 Å². The smallest absolute Gasteiger partial charge is 0.128 e. The number of aromatic nitrogens is 2. The molecule has 0 amide bonds. The molecule has 4 rings (SSSR count). The van der Waals surface area contributed by atoms with Crippen LogP contribution < -0.4 is 0 Å². The Kier molecular flexibility index (Phi) is 8.58. The van der Waals surface area contributed by atoms with Crippen LogP contribution in [0.4, 0.5) is 8.78 Å². The maximum Gasteiger partial charge on any atom is 0.128 e. The lowest BCUT2D eigenvalue weighted by Crippen LogP contribution is -2.04. The normalized spacial score (nSPS) is 10.6. The minimum absolute atomic E-state index is 0.276. The zero-order valence-electron chi connectivity index (χ0n) is 20.4. The number of pyridine rings is 1. The minimum Gasteiger partial charge on any atom is -0.502 e. The van der Waals surface area contributed by atoms with Gasteiger partial charge in [-0.1, -0.05) is 32.1 Å². The van der Waals surface area contributed by atoms with Crippen LogP contribution in [0.15, 0.2) is 67.6 Å². The number of benzene rings is 2. The van der Waals surface area contributed by atoms with Crippen molar-refractivity contribution >= 4 is 10.9 Å². The van der Waals surface area contributed by atoms with Crippen molar-refractivity contribution in [3.63, 3.8) is 0 Å². The quantitative estimate of drug-likeness (QED) is 0.262. The molecule has 178 valence electrons. The van der Waals surface area contributed by atoms with Crippen molar-refractivity contribution in [1.29, 1.82) is 0 Å². The SMILES string of the molecule is C=COCC.CCCc1ccc2c(c1)c(-c1cccnc1C)c(C)n2Cc1cc(F)ccc1F. The molecule has 0 radical (unpaired) electrons. The Morgan fingerprint density at radius 1 is 1.06 bits per heavy atom. The van der Waals surface area contributed by atoms with E-state index in [4.69, 9.17) is 0 Å². The molecule has 0 bridgehead atoms. The van der Waals surface area contributed by atoms with Gasteiger partial charge in [0.25, 0.3) is 0 Å². The summed E-state index contributed by atoms with van der Waals surface area (Å²) in [4.78, 5) is 4.46. The molecule has 0 spiro atoms. The van der Waals surface area contributed by atoms with Gasteiger partial charge in [0.2, 0.25) is 0 Å². The molecule has 3 nitrogen and oxygen atoms in total. The van der Waals surface area contributed by atoms with Gasteiger partial charge in [-0.2, -0.15) is 0 Å². The number of nitrogens with zero attached hydrogens (tertiary/aromatic N) is 2. The highest BCUT2D eigenvalue weighted by Gasteiger charge is 2.19. The molecule has 2 aromatic carbocycles. The standard InChI is InChI=1S/C25H24F2N2.C4H8O/c1-4-6-18-8-11-24-22(13-18)25(21-7-5-12-28-16(21)2)17(3)29(24)15-19-14-20(26)9-10-23(19)27;1-3-5-4-2/h5,7-14H,4,6,15H2,1-3H3;3H,1,4H2,2H3. The van der Waals surface area contributed by atoms with Crippen molar-refractivity contribution < 1.29 is 13.5 Å². The summed E-state index contributed by atoms with van der Waals surface area (Å²) in [7, 11) is 0. The number of fused-ring (bicyclic) bond motifs is 1. The second kappa shape index (κ2) is 11.6. The highest BCUT2D eigenvalue weighted by atomic mass is 19.1. The fourth-order valence-electron chi connectivity index (χ4n) is 4.22. The molecule has 0 unspecified atom stereocenters. The van der Waals surface area contributed by atoms with Crippen LogP contribution in [0.5, 0.6) is 0 Å². The Morgan fingerprint density at radius 2 is 1.85 bits per heavy atom. The van der Waals surface area contributed by atoms with E-state index in [0.29, 0.717) is 5.56 Å². The van der Waals surface area contributed by atoms with E-state index in [-0.39, 0.29) is 6.54 Å². The molecule has 0 fully saturated rings. The lowest BCUT2D eigenvalue weighted by atomic mass is 9.99. The lowest BCUT2D eigenvalue weighted by molar-refractivity contribution is 0.270. The predicted octanol–water partition coefficient (Wildman–Crippen LogP) is 7.77. The van der Waals surface area contributed by atoms with Gasteiger partial charge in [0, 0.05) is 45.2 Å². The molecular formula is C29H32F2N2O. The summed E-state index contributed by atoms with van der Waals surface area (Å²) in [6.07, 6.45) is 5.29. The monoisotopic (exact) mass is 462 g/mol. The van der Waals surface area contributed by atoms with Crippen LogP contribution in [0.1, 0.15) is 42.8 Å². The van der Waals surface area contributed by atoms with Gasteiger partial charge < -0.3 is 9.30 Å². The van der Waals surface area contributed by atoms with Crippen LogP contribution >= 0.6 is 0 Å². The predicted molar refractivity (Wildman–Crippen MR) is 136 cm³/mol. The third-order valence-electron chi connectivity index (χ3n) is 5.82. The van der Waals surface area contributed by atoms with E-state index in [1.54, 1.807) is 6.20 Å². The number of ether oxygens (including phenoxy) is 1. The fourth-order valence-corrected chi connectivity index (χ4v) is 4.22. The Bertz CT molecular complexity index is 1280. The van der Waals surface area contributed by atoms with Gasteiger partial charge in [-0.05, 0) is 69.2 Å².